The van der Waals surface area contributed by atoms with Crippen LogP contribution < -0.4 is 5.32 Å². The number of nitrogens with zero attached hydrogens (tertiary/aromatic N) is 5. The van der Waals surface area contributed by atoms with Gasteiger partial charge in [-0.25, -0.2) is 14.3 Å². The predicted molar refractivity (Wildman–Crippen MR) is 73.1 cm³/mol. The zero-order valence-electron chi connectivity index (χ0n) is 11.4. The number of aromatic nitrogens is 5. The molecule has 1 amide bonds. The van der Waals surface area contributed by atoms with Crippen molar-refractivity contribution in [1.82, 2.24) is 25.1 Å². The lowest BCUT2D eigenvalue weighted by molar-refractivity contribution is 0.102. The molecule has 8 heteroatoms. The van der Waals surface area contributed by atoms with Gasteiger partial charge in [0.15, 0.2) is 0 Å². The van der Waals surface area contributed by atoms with Crippen LogP contribution in [0.15, 0.2) is 35.5 Å². The molecule has 2 heterocycles. The summed E-state index contributed by atoms with van der Waals surface area (Å²) in [5, 5.41) is 13.9. The van der Waals surface area contributed by atoms with Crippen molar-refractivity contribution >= 4 is 11.7 Å². The number of nitrogens with one attached hydrogen (secondary N) is 1. The van der Waals surface area contributed by atoms with Crippen LogP contribution in [0.25, 0.3) is 5.69 Å². The summed E-state index contributed by atoms with van der Waals surface area (Å²) in [6, 6.07) is 5.30. The Labute approximate surface area is 119 Å². The number of carbonyl (C=O) groups excluding carboxylic acids is 1. The lowest BCUT2D eigenvalue weighted by Crippen LogP contribution is -2.13. The summed E-state index contributed by atoms with van der Waals surface area (Å²) >= 11 is 0. The summed E-state index contributed by atoms with van der Waals surface area (Å²) in [4.78, 5) is 16.1. The van der Waals surface area contributed by atoms with Gasteiger partial charge in [-0.15, -0.1) is 0 Å². The molecule has 0 bridgehead atoms. The van der Waals surface area contributed by atoms with E-state index in [9.17, 15) is 4.79 Å². The van der Waals surface area contributed by atoms with Gasteiger partial charge in [-0.2, -0.15) is 5.10 Å². The molecule has 0 unspecified atom stereocenters. The number of hydrogen-bond acceptors (Lipinski definition) is 6. The molecule has 0 aliphatic carbocycles. The van der Waals surface area contributed by atoms with Crippen LogP contribution >= 0.6 is 0 Å². The van der Waals surface area contributed by atoms with Crippen LogP contribution in [0.5, 0.6) is 0 Å². The summed E-state index contributed by atoms with van der Waals surface area (Å²) in [6.45, 7) is 3.60. The van der Waals surface area contributed by atoms with E-state index in [1.807, 2.05) is 13.0 Å². The number of benzene rings is 1. The third-order valence-electron chi connectivity index (χ3n) is 3.01. The van der Waals surface area contributed by atoms with Crippen LogP contribution in [0.1, 0.15) is 21.6 Å². The van der Waals surface area contributed by atoms with Gasteiger partial charge in [0.25, 0.3) is 5.91 Å². The van der Waals surface area contributed by atoms with E-state index in [1.54, 1.807) is 30.1 Å². The quantitative estimate of drug-likeness (QED) is 0.782. The average molecular weight is 284 g/mol. The second kappa shape index (κ2) is 5.16. The number of amides is 1. The highest BCUT2D eigenvalue weighted by molar-refractivity contribution is 6.04. The van der Waals surface area contributed by atoms with Crippen LogP contribution in [0.4, 0.5) is 5.82 Å². The molecule has 0 spiro atoms. The van der Waals surface area contributed by atoms with E-state index in [2.05, 4.69) is 30.3 Å². The Hall–Kier alpha value is -3.03. The van der Waals surface area contributed by atoms with E-state index >= 15 is 0 Å². The second-order valence-corrected chi connectivity index (χ2v) is 4.49. The number of anilines is 1. The first-order chi connectivity index (χ1) is 10.1. The van der Waals surface area contributed by atoms with E-state index in [1.165, 1.54) is 6.33 Å². The molecule has 3 aromatic rings. The lowest BCUT2D eigenvalue weighted by atomic mass is 10.1. The summed E-state index contributed by atoms with van der Waals surface area (Å²) in [6.07, 6.45) is 3.06. The number of aryl methyl sites for hydroxylation is 2. The Morgan fingerprint density at radius 3 is 2.76 bits per heavy atom. The van der Waals surface area contributed by atoms with Crippen molar-refractivity contribution in [2.75, 3.05) is 5.32 Å². The van der Waals surface area contributed by atoms with Crippen molar-refractivity contribution in [3.8, 4) is 5.69 Å². The van der Waals surface area contributed by atoms with Gasteiger partial charge in [0.05, 0.1) is 5.69 Å². The van der Waals surface area contributed by atoms with Gasteiger partial charge in [-0.05, 0) is 42.8 Å². The highest BCUT2D eigenvalue weighted by atomic mass is 16.6. The van der Waals surface area contributed by atoms with E-state index in [0.717, 1.165) is 11.3 Å². The van der Waals surface area contributed by atoms with Crippen LogP contribution in [0.2, 0.25) is 0 Å². The Morgan fingerprint density at radius 1 is 1.29 bits per heavy atom. The van der Waals surface area contributed by atoms with E-state index in [0.29, 0.717) is 17.1 Å². The Kier molecular flexibility index (Phi) is 3.19. The van der Waals surface area contributed by atoms with Crippen LogP contribution in [0, 0.1) is 13.8 Å². The van der Waals surface area contributed by atoms with E-state index < -0.39 is 0 Å². The highest BCUT2D eigenvalue weighted by Crippen LogP contribution is 2.16. The van der Waals surface area contributed by atoms with Crippen molar-refractivity contribution in [2.24, 2.45) is 0 Å². The third kappa shape index (κ3) is 2.50. The smallest absolute Gasteiger partial charge is 0.256 e. The average Bonchev–Trinajstić information content (AvgIpc) is 3.11. The highest BCUT2D eigenvalue weighted by Gasteiger charge is 2.13. The minimum absolute atomic E-state index is 0.276. The first kappa shape index (κ1) is 13.0. The van der Waals surface area contributed by atoms with Gasteiger partial charge >= 0.3 is 0 Å². The van der Waals surface area contributed by atoms with Crippen molar-refractivity contribution in [2.45, 2.75) is 13.8 Å². The summed E-state index contributed by atoms with van der Waals surface area (Å²) < 4.78 is 6.18. The molecule has 3 rings (SSSR count). The van der Waals surface area contributed by atoms with Crippen LogP contribution in [-0.4, -0.2) is 31.0 Å². The van der Waals surface area contributed by atoms with Crippen LogP contribution in [-0.2, 0) is 0 Å². The van der Waals surface area contributed by atoms with Crippen molar-refractivity contribution in [3.05, 3.63) is 47.7 Å². The zero-order chi connectivity index (χ0) is 14.8. The standard InChI is InChI=1S/C13H12N6O2/c1-8-5-10(3-4-11(8)19-7-14-6-15-19)13(20)16-12-9(2)17-21-18-12/h3-7H,1-2H3,(H,16,18,20). The third-order valence-corrected chi connectivity index (χ3v) is 3.01. The fourth-order valence-electron chi connectivity index (χ4n) is 1.91. The Morgan fingerprint density at radius 2 is 2.14 bits per heavy atom. The molecule has 2 aromatic heterocycles. The molecule has 0 saturated heterocycles. The molecule has 0 aliphatic rings. The molecular formula is C13H12N6O2. The number of hydrogen-bond donors (Lipinski definition) is 1. The number of rotatable bonds is 3. The SMILES string of the molecule is Cc1cc(C(=O)Nc2nonc2C)ccc1-n1cncn1. The normalized spacial score (nSPS) is 10.6. The maximum Gasteiger partial charge on any atom is 0.256 e. The van der Waals surface area contributed by atoms with Gasteiger partial charge < -0.3 is 5.32 Å². The monoisotopic (exact) mass is 284 g/mol. The summed E-state index contributed by atoms with van der Waals surface area (Å²) in [5.41, 5.74) is 2.81. The van der Waals surface area contributed by atoms with Crippen molar-refractivity contribution in [1.29, 1.82) is 0 Å². The maximum absolute atomic E-state index is 12.2. The van der Waals surface area contributed by atoms with Crippen LogP contribution in [0.3, 0.4) is 0 Å². The summed E-state index contributed by atoms with van der Waals surface area (Å²) in [5.74, 6) is 0.0417. The Balaban J connectivity index is 1.85. The molecule has 106 valence electrons. The fraction of sp³-hybridized carbons (Fsp3) is 0.154. The molecule has 21 heavy (non-hydrogen) atoms. The maximum atomic E-state index is 12.2. The van der Waals surface area contributed by atoms with Gasteiger partial charge in [-0.3, -0.25) is 4.79 Å². The number of carbonyl (C=O) groups is 1. The molecule has 0 atom stereocenters. The first-order valence-electron chi connectivity index (χ1n) is 6.21. The van der Waals surface area contributed by atoms with Gasteiger partial charge in [0.1, 0.15) is 18.3 Å². The molecular weight excluding hydrogens is 272 g/mol. The topological polar surface area (TPSA) is 98.7 Å². The molecule has 0 radical (unpaired) electrons. The first-order valence-corrected chi connectivity index (χ1v) is 6.21. The minimum atomic E-state index is -0.276. The zero-order valence-corrected chi connectivity index (χ0v) is 11.4. The second-order valence-electron chi connectivity index (χ2n) is 4.49. The predicted octanol–water partition coefficient (Wildman–Crippen LogP) is 1.52. The largest absolute Gasteiger partial charge is 0.302 e. The Bertz CT molecular complexity index is 778. The minimum Gasteiger partial charge on any atom is -0.302 e. The molecule has 0 aliphatic heterocycles. The summed E-state index contributed by atoms with van der Waals surface area (Å²) in [7, 11) is 0. The van der Waals surface area contributed by atoms with Crippen molar-refractivity contribution in [3.63, 3.8) is 0 Å². The molecule has 8 nitrogen and oxygen atoms in total. The molecule has 1 N–H and O–H groups in total. The van der Waals surface area contributed by atoms with Gasteiger partial charge in [0.2, 0.25) is 5.82 Å². The van der Waals surface area contributed by atoms with Gasteiger partial charge in [0, 0.05) is 5.56 Å². The van der Waals surface area contributed by atoms with E-state index in [4.69, 9.17) is 0 Å². The van der Waals surface area contributed by atoms with E-state index in [-0.39, 0.29) is 5.91 Å². The molecule has 0 saturated carbocycles. The molecule has 0 fully saturated rings. The lowest BCUT2D eigenvalue weighted by Gasteiger charge is -2.08. The van der Waals surface area contributed by atoms with Gasteiger partial charge in [-0.1, -0.05) is 5.16 Å². The fourth-order valence-corrected chi connectivity index (χ4v) is 1.91. The van der Waals surface area contributed by atoms with Crippen molar-refractivity contribution < 1.29 is 9.42 Å². The molecule has 1 aromatic carbocycles.